The number of para-hydroxylation sites is 1. The van der Waals surface area contributed by atoms with E-state index in [1.165, 1.54) is 43.5 Å². The lowest BCUT2D eigenvalue weighted by atomic mass is 9.90. The molecule has 19 heteroatoms. The van der Waals surface area contributed by atoms with E-state index in [-0.39, 0.29) is 43.2 Å². The summed E-state index contributed by atoms with van der Waals surface area (Å²) in [5.74, 6) is -1.29. The second-order valence-corrected chi connectivity index (χ2v) is 15.0. The number of aryl methyl sites for hydroxylation is 3. The molecule has 0 fully saturated rings. The van der Waals surface area contributed by atoms with E-state index in [1.807, 2.05) is 0 Å². The number of carbonyl (C=O) groups excluding carboxylic acids is 3. The molecule has 322 valence electrons. The molecule has 1 unspecified atom stereocenters. The number of methoxy groups -OCH3 is 2. The Kier molecular flexibility index (Phi) is 12.1. The first-order chi connectivity index (χ1) is 29.1. The smallest absolute Gasteiger partial charge is 0.493 e. The summed E-state index contributed by atoms with van der Waals surface area (Å²) >= 11 is 0. The maximum Gasteiger partial charge on any atom is 0.737 e. The number of unbranched alkanes of at least 4 members (excludes halogenated alkanes) is 2. The first-order valence-corrected chi connectivity index (χ1v) is 19.9. The molecule has 61 heavy (non-hydrogen) atoms. The van der Waals surface area contributed by atoms with Gasteiger partial charge in [-0.2, -0.15) is 5.10 Å². The van der Waals surface area contributed by atoms with E-state index in [9.17, 15) is 27.6 Å². The third-order valence-corrected chi connectivity index (χ3v) is 11.0. The number of halogens is 5. The van der Waals surface area contributed by atoms with Crippen LogP contribution in [-0.4, -0.2) is 82.8 Å². The topological polar surface area (TPSA) is 132 Å². The average Bonchev–Trinajstić information content (AvgIpc) is 3.93. The molecule has 0 bridgehead atoms. The Morgan fingerprint density at radius 2 is 1.74 bits per heavy atom. The van der Waals surface area contributed by atoms with Crippen molar-refractivity contribution in [3.63, 3.8) is 0 Å². The van der Waals surface area contributed by atoms with Crippen LogP contribution in [0.1, 0.15) is 87.9 Å². The van der Waals surface area contributed by atoms with Crippen molar-refractivity contribution in [3.8, 4) is 17.2 Å². The predicted molar refractivity (Wildman–Crippen MR) is 217 cm³/mol. The van der Waals surface area contributed by atoms with Crippen molar-refractivity contribution in [1.82, 2.24) is 24.9 Å². The predicted octanol–water partition coefficient (Wildman–Crippen LogP) is 7.11. The Balaban J connectivity index is 0.991. The number of aromatic nitrogens is 3. The fourth-order valence-electron chi connectivity index (χ4n) is 8.24. The molecule has 2 aromatic heterocycles. The molecule has 4 aromatic rings. The number of fused-ring (bicyclic) bond motifs is 3. The fourth-order valence-corrected chi connectivity index (χ4v) is 8.24. The van der Waals surface area contributed by atoms with Crippen molar-refractivity contribution in [2.24, 2.45) is 0 Å². The summed E-state index contributed by atoms with van der Waals surface area (Å²) in [6.45, 7) is 0.212. The Morgan fingerprint density at radius 1 is 0.967 bits per heavy atom. The van der Waals surface area contributed by atoms with Crippen LogP contribution in [0.3, 0.4) is 0 Å². The highest BCUT2D eigenvalue weighted by Crippen LogP contribution is 2.38. The van der Waals surface area contributed by atoms with Crippen LogP contribution in [0.2, 0.25) is 0 Å². The molecule has 3 aliphatic heterocycles. The number of hydrogen-bond acceptors (Lipinski definition) is 7. The second kappa shape index (κ2) is 17.3. The Morgan fingerprint density at radius 3 is 2.49 bits per heavy atom. The Hall–Kier alpha value is -6.40. The maximum absolute atomic E-state index is 15.8. The SMILES string of the molecule is COc1ccc(C(=O)N2CCC(NC(=O)c3ccccc3OC(F)(F)F)c3c2cnn3CCCCCNC(=O)CCC2=[N+]3C(=Cc4c(C)cc(C)n4[B-]3(F)F)C=C2)cc1OC. The van der Waals surface area contributed by atoms with Gasteiger partial charge in [0.1, 0.15) is 11.5 Å². The van der Waals surface area contributed by atoms with Crippen LogP contribution in [0.4, 0.5) is 27.5 Å². The fraction of sp³-hybridized carbons (Fsp3) is 0.357. The lowest BCUT2D eigenvalue weighted by molar-refractivity contribution is -0.362. The second-order valence-electron chi connectivity index (χ2n) is 15.0. The monoisotopic (exact) mass is 849 g/mol. The number of carbonyl (C=O) groups is 3. The van der Waals surface area contributed by atoms with Crippen LogP contribution >= 0.6 is 0 Å². The van der Waals surface area contributed by atoms with Crippen LogP contribution in [0, 0.1) is 13.8 Å². The molecule has 0 spiro atoms. The molecular weight excluding hydrogens is 804 g/mol. The quantitative estimate of drug-likeness (QED) is 0.0741. The van der Waals surface area contributed by atoms with Crippen LogP contribution in [0.5, 0.6) is 17.2 Å². The van der Waals surface area contributed by atoms with Gasteiger partial charge in [0.05, 0.1) is 43.4 Å². The van der Waals surface area contributed by atoms with Gasteiger partial charge in [-0.15, -0.1) is 13.2 Å². The molecule has 0 radical (unpaired) electrons. The highest BCUT2D eigenvalue weighted by Gasteiger charge is 2.52. The number of hydrogen-bond donors (Lipinski definition) is 2. The summed E-state index contributed by atoms with van der Waals surface area (Å²) in [5, 5.41) is 10.3. The van der Waals surface area contributed by atoms with Gasteiger partial charge >= 0.3 is 13.3 Å². The zero-order valence-corrected chi connectivity index (χ0v) is 34.0. The van der Waals surface area contributed by atoms with Gasteiger partial charge in [-0.1, -0.05) is 12.1 Å². The molecule has 1 atom stereocenters. The number of alkyl halides is 3. The van der Waals surface area contributed by atoms with Crippen molar-refractivity contribution in [2.75, 3.05) is 32.2 Å². The van der Waals surface area contributed by atoms with Crippen LogP contribution in [-0.2, 0) is 11.3 Å². The van der Waals surface area contributed by atoms with Gasteiger partial charge in [0, 0.05) is 62.0 Å². The summed E-state index contributed by atoms with van der Waals surface area (Å²) in [4.78, 5) is 41.8. The van der Waals surface area contributed by atoms with Crippen molar-refractivity contribution < 1.29 is 54.9 Å². The number of nitrogens with zero attached hydrogens (tertiary/aromatic N) is 5. The minimum Gasteiger partial charge on any atom is -0.493 e. The molecule has 5 heterocycles. The van der Waals surface area contributed by atoms with Gasteiger partial charge in [0.2, 0.25) is 5.91 Å². The van der Waals surface area contributed by atoms with Gasteiger partial charge in [-0.25, -0.2) is 0 Å². The highest BCUT2D eigenvalue weighted by molar-refractivity contribution is 6.58. The molecule has 2 N–H and O–H groups in total. The van der Waals surface area contributed by atoms with Crippen molar-refractivity contribution in [1.29, 1.82) is 0 Å². The molecule has 3 aliphatic rings. The molecule has 2 aromatic carbocycles. The number of rotatable bonds is 15. The number of amides is 3. The normalized spacial score (nSPS) is 16.4. The van der Waals surface area contributed by atoms with E-state index in [1.54, 1.807) is 61.0 Å². The lowest BCUT2D eigenvalue weighted by Crippen LogP contribution is -2.50. The molecule has 7 rings (SSSR count). The first-order valence-electron chi connectivity index (χ1n) is 19.9. The zero-order valence-electron chi connectivity index (χ0n) is 34.0. The van der Waals surface area contributed by atoms with Gasteiger partial charge < -0.3 is 47.3 Å². The summed E-state index contributed by atoms with van der Waals surface area (Å²) in [5.41, 5.74) is 3.42. The maximum atomic E-state index is 15.8. The molecule has 0 aliphatic carbocycles. The van der Waals surface area contributed by atoms with Crippen LogP contribution in [0.15, 0.2) is 72.6 Å². The Bertz CT molecular complexity index is 2460. The van der Waals surface area contributed by atoms with Crippen LogP contribution < -0.4 is 29.7 Å². The summed E-state index contributed by atoms with van der Waals surface area (Å²) < 4.78 is 89.7. The van der Waals surface area contributed by atoms with E-state index in [4.69, 9.17) is 9.47 Å². The zero-order chi connectivity index (χ0) is 43.6. The summed E-state index contributed by atoms with van der Waals surface area (Å²) in [7, 11) is 2.93. The van der Waals surface area contributed by atoms with E-state index >= 15 is 8.63 Å². The third-order valence-electron chi connectivity index (χ3n) is 11.0. The number of benzene rings is 2. The average molecular weight is 850 g/mol. The van der Waals surface area contributed by atoms with Gasteiger partial charge in [-0.3, -0.25) is 19.1 Å². The van der Waals surface area contributed by atoms with E-state index in [0.29, 0.717) is 83.6 Å². The number of allylic oxidation sites excluding steroid dienone is 2. The summed E-state index contributed by atoms with van der Waals surface area (Å²) in [6, 6.07) is 10.8. The molecule has 3 amide bonds. The lowest BCUT2D eigenvalue weighted by Gasteiger charge is -2.33. The Labute approximate surface area is 348 Å². The standard InChI is InChI=1S/C42H45BF5N7O6/c1-26-22-27(2)54-33(26)24-30-14-13-29(55(30)43(54,47)48)15-17-38(56)49-19-8-5-9-20-53-39-32(51-40(57)31-10-6-7-11-35(31)61-42(44,45)46)18-21-52(34(39)25-50-53)41(58)28-12-16-36(59-3)37(23-28)60-4/h6-7,10-14,16,22-25,32H,5,8-9,15,17-21H2,1-4H3,(H,49,56)(H,51,57). The third kappa shape index (κ3) is 8.77. The van der Waals surface area contributed by atoms with Crippen molar-refractivity contribution in [2.45, 2.75) is 71.3 Å². The minimum atomic E-state index is -5.02. The highest BCUT2D eigenvalue weighted by atomic mass is 19.4. The van der Waals surface area contributed by atoms with Gasteiger partial charge in [0.25, 0.3) is 11.8 Å². The van der Waals surface area contributed by atoms with Crippen molar-refractivity contribution >= 4 is 42.2 Å². The molecule has 13 nitrogen and oxygen atoms in total. The van der Waals surface area contributed by atoms with E-state index in [0.717, 1.165) is 20.6 Å². The molecule has 0 saturated heterocycles. The van der Waals surface area contributed by atoms with Crippen LogP contribution in [0.25, 0.3) is 6.08 Å². The number of anilines is 1. The largest absolute Gasteiger partial charge is 0.737 e. The first kappa shape index (κ1) is 42.7. The van der Waals surface area contributed by atoms with E-state index < -0.39 is 31.0 Å². The summed E-state index contributed by atoms with van der Waals surface area (Å²) in [6.07, 6.45) is 3.76. The van der Waals surface area contributed by atoms with E-state index in [2.05, 4.69) is 20.5 Å². The van der Waals surface area contributed by atoms with Crippen molar-refractivity contribution in [3.05, 3.63) is 106 Å². The molecular formula is C42H45BF5N7O6. The number of ether oxygens (including phenoxy) is 3. The number of nitrogens with one attached hydrogen (secondary N) is 2. The van der Waals surface area contributed by atoms with Gasteiger partial charge in [-0.05, 0) is 87.2 Å². The minimum absolute atomic E-state index is 0.0318. The molecule has 0 saturated carbocycles. The van der Waals surface area contributed by atoms with Gasteiger partial charge in [0.15, 0.2) is 17.2 Å².